The summed E-state index contributed by atoms with van der Waals surface area (Å²) in [4.78, 5) is 8.17. The Kier molecular flexibility index (Phi) is 4.67. The van der Waals surface area contributed by atoms with Crippen LogP contribution in [0.3, 0.4) is 0 Å². The van der Waals surface area contributed by atoms with Gasteiger partial charge in [0.05, 0.1) is 0 Å². The molecule has 0 saturated carbocycles. The highest BCUT2D eigenvalue weighted by Crippen LogP contribution is 2.20. The molecular formula is C14H16ClN3. The lowest BCUT2D eigenvalue weighted by Crippen LogP contribution is -2.19. The number of hydrogen-bond acceptors (Lipinski definition) is 3. The smallest absolute Gasteiger partial charge is 0.115 e. The maximum atomic E-state index is 5.89. The maximum Gasteiger partial charge on any atom is 0.115 e. The summed E-state index contributed by atoms with van der Waals surface area (Å²) in [5.74, 6) is 0.373. The van der Waals surface area contributed by atoms with Gasteiger partial charge >= 0.3 is 0 Å². The van der Waals surface area contributed by atoms with Gasteiger partial charge in [-0.1, -0.05) is 23.7 Å². The number of likely N-dealkylation sites (N-methyl/N-ethyl adjacent to an activating group) is 1. The maximum absolute atomic E-state index is 5.89. The molecular weight excluding hydrogens is 246 g/mol. The first kappa shape index (κ1) is 13.0. The summed E-state index contributed by atoms with van der Waals surface area (Å²) >= 11 is 5.89. The lowest BCUT2D eigenvalue weighted by Gasteiger charge is -2.16. The lowest BCUT2D eigenvalue weighted by atomic mass is 9.94. The van der Waals surface area contributed by atoms with Gasteiger partial charge in [-0.2, -0.15) is 0 Å². The van der Waals surface area contributed by atoms with Crippen molar-refractivity contribution in [3.63, 3.8) is 0 Å². The Morgan fingerprint density at radius 1 is 1.17 bits per heavy atom. The Bertz CT molecular complexity index is 470. The summed E-state index contributed by atoms with van der Waals surface area (Å²) < 4.78 is 0. The first-order chi connectivity index (χ1) is 8.79. The average Bonchev–Trinajstić information content (AvgIpc) is 2.42. The van der Waals surface area contributed by atoms with E-state index in [9.17, 15) is 0 Å². The zero-order chi connectivity index (χ0) is 12.8. The van der Waals surface area contributed by atoms with Crippen LogP contribution in [0.5, 0.6) is 0 Å². The van der Waals surface area contributed by atoms with Crippen LogP contribution < -0.4 is 5.32 Å². The van der Waals surface area contributed by atoms with Crippen LogP contribution in [0, 0.1) is 0 Å². The van der Waals surface area contributed by atoms with Crippen LogP contribution in [0.15, 0.2) is 43.0 Å². The molecule has 0 aliphatic carbocycles. The number of rotatable bonds is 5. The second-order valence-electron chi connectivity index (χ2n) is 4.26. The van der Waals surface area contributed by atoms with E-state index >= 15 is 0 Å². The van der Waals surface area contributed by atoms with Gasteiger partial charge in [0.1, 0.15) is 6.33 Å². The van der Waals surface area contributed by atoms with Crippen LogP contribution in [0.4, 0.5) is 0 Å². The number of nitrogens with one attached hydrogen (secondary N) is 1. The highest BCUT2D eigenvalue weighted by atomic mass is 35.5. The molecule has 1 aromatic heterocycles. The topological polar surface area (TPSA) is 37.8 Å². The molecule has 1 atom stereocenters. The van der Waals surface area contributed by atoms with Gasteiger partial charge in [0.15, 0.2) is 0 Å². The molecule has 1 N–H and O–H groups in total. The van der Waals surface area contributed by atoms with Gasteiger partial charge in [-0.15, -0.1) is 0 Å². The summed E-state index contributed by atoms with van der Waals surface area (Å²) in [5.41, 5.74) is 2.42. The van der Waals surface area contributed by atoms with Crippen molar-refractivity contribution in [3.05, 3.63) is 59.1 Å². The number of benzene rings is 1. The van der Waals surface area contributed by atoms with Gasteiger partial charge < -0.3 is 5.32 Å². The lowest BCUT2D eigenvalue weighted by molar-refractivity contribution is 0.621. The van der Waals surface area contributed by atoms with Gasteiger partial charge in [0.25, 0.3) is 0 Å². The van der Waals surface area contributed by atoms with Gasteiger partial charge in [-0.05, 0) is 36.7 Å². The van der Waals surface area contributed by atoms with Gasteiger partial charge in [0, 0.05) is 29.9 Å². The van der Waals surface area contributed by atoms with E-state index in [0.717, 1.165) is 23.6 Å². The minimum Gasteiger partial charge on any atom is -0.319 e. The normalized spacial score (nSPS) is 12.3. The Hall–Kier alpha value is -1.45. The highest BCUT2D eigenvalue weighted by molar-refractivity contribution is 6.30. The van der Waals surface area contributed by atoms with Gasteiger partial charge in [-0.25, -0.2) is 9.97 Å². The molecule has 0 saturated heterocycles. The summed E-state index contributed by atoms with van der Waals surface area (Å²) in [6.07, 6.45) is 6.27. The molecule has 1 unspecified atom stereocenters. The van der Waals surface area contributed by atoms with Gasteiger partial charge in [0.2, 0.25) is 0 Å². The number of hydrogen-bond donors (Lipinski definition) is 1. The monoisotopic (exact) mass is 261 g/mol. The van der Waals surface area contributed by atoms with Crippen molar-refractivity contribution < 1.29 is 0 Å². The second-order valence-corrected chi connectivity index (χ2v) is 4.69. The molecule has 0 spiro atoms. The largest absolute Gasteiger partial charge is 0.319 e. The van der Waals surface area contributed by atoms with E-state index in [-0.39, 0.29) is 0 Å². The summed E-state index contributed by atoms with van der Waals surface area (Å²) in [6.45, 7) is 0.899. The first-order valence-corrected chi connectivity index (χ1v) is 6.31. The SMILES string of the molecule is CNCC(Cc1ccc(Cl)cc1)c1cncnc1. The van der Waals surface area contributed by atoms with E-state index in [1.165, 1.54) is 5.56 Å². The summed E-state index contributed by atoms with van der Waals surface area (Å²) in [5, 5.41) is 3.99. The molecule has 18 heavy (non-hydrogen) atoms. The van der Waals surface area contributed by atoms with E-state index < -0.39 is 0 Å². The molecule has 0 amide bonds. The van der Waals surface area contributed by atoms with E-state index in [2.05, 4.69) is 27.4 Å². The summed E-state index contributed by atoms with van der Waals surface area (Å²) in [7, 11) is 1.96. The predicted molar refractivity (Wildman–Crippen MR) is 73.9 cm³/mol. The molecule has 2 aromatic rings. The molecule has 94 valence electrons. The Labute approximate surface area is 112 Å². The highest BCUT2D eigenvalue weighted by Gasteiger charge is 2.12. The number of halogens is 1. The van der Waals surface area contributed by atoms with Crippen molar-refractivity contribution in [3.8, 4) is 0 Å². The third-order valence-electron chi connectivity index (χ3n) is 2.90. The molecule has 3 nitrogen and oxygen atoms in total. The van der Waals surface area contributed by atoms with Crippen molar-refractivity contribution in [2.24, 2.45) is 0 Å². The van der Waals surface area contributed by atoms with Crippen molar-refractivity contribution in [1.82, 2.24) is 15.3 Å². The van der Waals surface area contributed by atoms with Crippen LogP contribution in [0.1, 0.15) is 17.0 Å². The Morgan fingerprint density at radius 3 is 2.44 bits per heavy atom. The van der Waals surface area contributed by atoms with Crippen molar-refractivity contribution >= 4 is 11.6 Å². The quantitative estimate of drug-likeness (QED) is 0.899. The van der Waals surface area contributed by atoms with E-state index in [1.54, 1.807) is 6.33 Å². The van der Waals surface area contributed by atoms with Crippen molar-refractivity contribution in [2.75, 3.05) is 13.6 Å². The predicted octanol–water partition coefficient (Wildman–Crippen LogP) is 2.68. The minimum absolute atomic E-state index is 0.373. The van der Waals surface area contributed by atoms with Crippen LogP contribution in [-0.2, 0) is 6.42 Å². The molecule has 0 aliphatic heterocycles. The number of nitrogens with zero attached hydrogens (tertiary/aromatic N) is 2. The van der Waals surface area contributed by atoms with Crippen molar-refractivity contribution in [2.45, 2.75) is 12.3 Å². The zero-order valence-corrected chi connectivity index (χ0v) is 11.1. The molecule has 1 heterocycles. The standard InChI is InChI=1S/C14H16ClN3/c1-16-7-12(13-8-17-10-18-9-13)6-11-2-4-14(15)5-3-11/h2-5,8-10,12,16H,6-7H2,1H3. The molecule has 0 aliphatic rings. The fourth-order valence-corrected chi connectivity index (χ4v) is 2.11. The fourth-order valence-electron chi connectivity index (χ4n) is 1.98. The third-order valence-corrected chi connectivity index (χ3v) is 3.15. The van der Waals surface area contributed by atoms with Gasteiger partial charge in [-0.3, -0.25) is 0 Å². The Balaban J connectivity index is 2.14. The fraction of sp³-hybridized carbons (Fsp3) is 0.286. The molecule has 2 rings (SSSR count). The van der Waals surface area contributed by atoms with E-state index in [1.807, 2.05) is 31.6 Å². The molecule has 1 aromatic carbocycles. The molecule has 0 radical (unpaired) electrons. The minimum atomic E-state index is 0.373. The number of aromatic nitrogens is 2. The Morgan fingerprint density at radius 2 is 1.83 bits per heavy atom. The van der Waals surface area contributed by atoms with Crippen LogP contribution in [-0.4, -0.2) is 23.6 Å². The van der Waals surface area contributed by atoms with Crippen LogP contribution in [0.2, 0.25) is 5.02 Å². The molecule has 4 heteroatoms. The van der Waals surface area contributed by atoms with E-state index in [0.29, 0.717) is 5.92 Å². The van der Waals surface area contributed by atoms with Crippen molar-refractivity contribution in [1.29, 1.82) is 0 Å². The van der Waals surface area contributed by atoms with Crippen LogP contribution >= 0.6 is 11.6 Å². The molecule has 0 bridgehead atoms. The zero-order valence-electron chi connectivity index (χ0n) is 10.3. The third kappa shape index (κ3) is 3.52. The second kappa shape index (κ2) is 6.47. The van der Waals surface area contributed by atoms with Crippen LogP contribution in [0.25, 0.3) is 0 Å². The molecule has 0 fully saturated rings. The first-order valence-electron chi connectivity index (χ1n) is 5.93. The summed E-state index contributed by atoms with van der Waals surface area (Å²) in [6, 6.07) is 7.98. The van der Waals surface area contributed by atoms with E-state index in [4.69, 9.17) is 11.6 Å². The average molecular weight is 262 g/mol.